The van der Waals surface area contributed by atoms with E-state index in [1.54, 1.807) is 12.1 Å². The van der Waals surface area contributed by atoms with E-state index in [1.807, 2.05) is 12.1 Å². The number of rotatable bonds is 5. The molecule has 2 aromatic rings. The summed E-state index contributed by atoms with van der Waals surface area (Å²) < 4.78 is 33.1. The molecule has 0 saturated carbocycles. The predicted molar refractivity (Wildman–Crippen MR) is 120 cm³/mol. The fourth-order valence-corrected chi connectivity index (χ4v) is 3.95. The molecule has 0 aromatic heterocycles. The molecule has 0 amide bonds. The topological polar surface area (TPSA) is 65.1 Å². The molecule has 9 heteroatoms. The summed E-state index contributed by atoms with van der Waals surface area (Å²) in [6.07, 6.45) is 0. The van der Waals surface area contributed by atoms with Crippen molar-refractivity contribution >= 4 is 27.0 Å². The van der Waals surface area contributed by atoms with Gasteiger partial charge in [0.1, 0.15) is 0 Å². The van der Waals surface area contributed by atoms with Crippen LogP contribution in [0.3, 0.4) is 0 Å². The first-order valence-corrected chi connectivity index (χ1v) is 12.0. The molecule has 0 radical (unpaired) electrons. The molecule has 31 heavy (non-hydrogen) atoms. The van der Waals surface area contributed by atoms with Crippen molar-refractivity contribution in [2.45, 2.75) is 18.0 Å². The molecule has 2 aliphatic heterocycles. The van der Waals surface area contributed by atoms with Crippen LogP contribution >= 0.6 is 15.9 Å². The van der Waals surface area contributed by atoms with Crippen molar-refractivity contribution in [1.29, 1.82) is 0 Å². The minimum atomic E-state index is -2.13. The Labute approximate surface area is 207 Å². The molecule has 6 nitrogen and oxygen atoms in total. The van der Waals surface area contributed by atoms with E-state index >= 15 is 0 Å². The molecule has 2 aromatic carbocycles. The fraction of sp³-hybridized carbons (Fsp3) is 0.455. The van der Waals surface area contributed by atoms with Crippen LogP contribution in [-0.2, 0) is 33.6 Å². The minimum Gasteiger partial charge on any atom is -0.768 e. The zero-order valence-corrected chi connectivity index (χ0v) is 20.4. The second-order valence-electron chi connectivity index (χ2n) is 7.28. The SMILES string of the molecule is Brc1ccc(CN2CCOCC2)cc1.O=S([O-])c1ccc(CN2CCOCC2)cc1.[Li+]. The number of hydrogen-bond donors (Lipinski definition) is 0. The Morgan fingerprint density at radius 2 is 1.16 bits per heavy atom. The minimum absolute atomic E-state index is 0. The van der Waals surface area contributed by atoms with Crippen molar-refractivity contribution in [2.75, 3.05) is 52.6 Å². The molecule has 0 N–H and O–H groups in total. The number of hydrogen-bond acceptors (Lipinski definition) is 6. The van der Waals surface area contributed by atoms with Gasteiger partial charge in [0, 0.05) is 48.6 Å². The Hall–Kier alpha value is -0.533. The molecule has 0 bridgehead atoms. The maximum absolute atomic E-state index is 10.7. The molecule has 164 valence electrons. The van der Waals surface area contributed by atoms with Crippen molar-refractivity contribution in [1.82, 2.24) is 9.80 Å². The quantitative estimate of drug-likeness (QED) is 0.425. The zero-order chi connectivity index (χ0) is 21.2. The third-order valence-electron chi connectivity index (χ3n) is 5.05. The molecule has 1 unspecified atom stereocenters. The Morgan fingerprint density at radius 1 is 0.774 bits per heavy atom. The van der Waals surface area contributed by atoms with Crippen LogP contribution in [-0.4, -0.2) is 71.2 Å². The monoisotopic (exact) mass is 502 g/mol. The predicted octanol–water partition coefficient (Wildman–Crippen LogP) is 0.0421. The number of benzene rings is 2. The molecule has 1 atom stereocenters. The standard InChI is InChI=1S/C11H14BrNO.C11H15NO3S.Li/c12-11-3-1-10(2-4-11)9-13-5-7-14-8-6-13;13-16(14)11-3-1-10(2-4-11)9-12-5-7-15-8-6-12;/h1-4H,5-9H2;1-4H,5-9H2,(H,13,14);/q;;+1/p-1. The molecular formula is C22H28BrLiN2O4S. The third kappa shape index (κ3) is 9.87. The number of halogens is 1. The van der Waals surface area contributed by atoms with E-state index in [0.717, 1.165) is 75.7 Å². The van der Waals surface area contributed by atoms with Gasteiger partial charge in [0.05, 0.1) is 26.4 Å². The van der Waals surface area contributed by atoms with E-state index in [2.05, 4.69) is 50.0 Å². The van der Waals surface area contributed by atoms with Crippen LogP contribution < -0.4 is 18.9 Å². The van der Waals surface area contributed by atoms with Crippen LogP contribution in [0.5, 0.6) is 0 Å². The van der Waals surface area contributed by atoms with Crippen molar-refractivity contribution in [2.24, 2.45) is 0 Å². The van der Waals surface area contributed by atoms with Gasteiger partial charge in [-0.15, -0.1) is 0 Å². The molecule has 2 fully saturated rings. The molecule has 4 rings (SSSR count). The maximum Gasteiger partial charge on any atom is 1.00 e. The van der Waals surface area contributed by atoms with E-state index in [-0.39, 0.29) is 18.9 Å². The summed E-state index contributed by atoms with van der Waals surface area (Å²) in [6, 6.07) is 15.5. The van der Waals surface area contributed by atoms with E-state index in [9.17, 15) is 8.76 Å². The normalized spacial score (nSPS) is 18.4. The van der Waals surface area contributed by atoms with Crippen LogP contribution in [0.25, 0.3) is 0 Å². The smallest absolute Gasteiger partial charge is 0.768 e. The van der Waals surface area contributed by atoms with E-state index in [1.165, 1.54) is 5.56 Å². The van der Waals surface area contributed by atoms with Gasteiger partial charge in [0.2, 0.25) is 0 Å². The van der Waals surface area contributed by atoms with E-state index < -0.39 is 11.1 Å². The molecule has 2 saturated heterocycles. The summed E-state index contributed by atoms with van der Waals surface area (Å²) in [5, 5.41) is 0. The summed E-state index contributed by atoms with van der Waals surface area (Å²) >= 11 is 1.31. The van der Waals surface area contributed by atoms with Crippen LogP contribution in [0.2, 0.25) is 0 Å². The van der Waals surface area contributed by atoms with Gasteiger partial charge in [-0.05, 0) is 46.5 Å². The Balaban J connectivity index is 0.000000215. The fourth-order valence-electron chi connectivity index (χ4n) is 3.33. The number of morpholine rings is 2. The number of ether oxygens (including phenoxy) is 2. The van der Waals surface area contributed by atoms with E-state index in [4.69, 9.17) is 9.47 Å². The van der Waals surface area contributed by atoms with Crippen LogP contribution in [0, 0.1) is 0 Å². The largest absolute Gasteiger partial charge is 1.00 e. The summed E-state index contributed by atoms with van der Waals surface area (Å²) in [7, 11) is 0. The Kier molecular flexibility index (Phi) is 12.6. The molecular weight excluding hydrogens is 475 g/mol. The Bertz CT molecular complexity index is 783. The summed E-state index contributed by atoms with van der Waals surface area (Å²) in [5.74, 6) is 0. The first-order chi connectivity index (χ1) is 14.6. The van der Waals surface area contributed by atoms with Crippen molar-refractivity contribution < 1.29 is 37.1 Å². The maximum atomic E-state index is 10.7. The first kappa shape index (κ1) is 26.7. The summed E-state index contributed by atoms with van der Waals surface area (Å²) in [5.41, 5.74) is 2.51. The van der Waals surface area contributed by atoms with Crippen molar-refractivity contribution in [3.8, 4) is 0 Å². The first-order valence-electron chi connectivity index (χ1n) is 10.1. The molecule has 2 heterocycles. The van der Waals surface area contributed by atoms with Gasteiger partial charge >= 0.3 is 18.9 Å². The third-order valence-corrected chi connectivity index (χ3v) is 6.23. The van der Waals surface area contributed by atoms with Gasteiger partial charge in [-0.2, -0.15) is 0 Å². The van der Waals surface area contributed by atoms with Gasteiger partial charge in [0.25, 0.3) is 0 Å². The summed E-state index contributed by atoms with van der Waals surface area (Å²) in [6.45, 7) is 9.18. The van der Waals surface area contributed by atoms with Crippen LogP contribution in [0.15, 0.2) is 57.9 Å². The zero-order valence-electron chi connectivity index (χ0n) is 18.0. The average molecular weight is 503 g/mol. The van der Waals surface area contributed by atoms with Gasteiger partial charge in [-0.1, -0.05) is 40.2 Å². The van der Waals surface area contributed by atoms with Crippen molar-refractivity contribution in [3.05, 3.63) is 64.1 Å². The van der Waals surface area contributed by atoms with Crippen molar-refractivity contribution in [3.63, 3.8) is 0 Å². The molecule has 2 aliphatic rings. The van der Waals surface area contributed by atoms with Gasteiger partial charge < -0.3 is 14.0 Å². The second kappa shape index (κ2) is 14.6. The van der Waals surface area contributed by atoms with Gasteiger partial charge in [0.15, 0.2) is 0 Å². The van der Waals surface area contributed by atoms with Crippen LogP contribution in [0.4, 0.5) is 0 Å². The van der Waals surface area contributed by atoms with Gasteiger partial charge in [-0.3, -0.25) is 14.0 Å². The summed E-state index contributed by atoms with van der Waals surface area (Å²) in [4.78, 5) is 5.06. The second-order valence-corrected chi connectivity index (χ2v) is 9.14. The number of nitrogens with zero attached hydrogens (tertiary/aromatic N) is 2. The van der Waals surface area contributed by atoms with Gasteiger partial charge in [-0.25, -0.2) is 0 Å². The van der Waals surface area contributed by atoms with Crippen LogP contribution in [0.1, 0.15) is 11.1 Å². The molecule has 0 aliphatic carbocycles. The van der Waals surface area contributed by atoms with E-state index in [0.29, 0.717) is 4.90 Å². The molecule has 0 spiro atoms. The Morgan fingerprint density at radius 3 is 1.55 bits per heavy atom. The average Bonchev–Trinajstić information content (AvgIpc) is 2.78.